The second kappa shape index (κ2) is 6.81. The highest BCUT2D eigenvalue weighted by molar-refractivity contribution is 6.32. The Labute approximate surface area is 122 Å². The molecule has 2 rings (SSSR count). The van der Waals surface area contributed by atoms with E-state index in [1.807, 2.05) is 0 Å². The van der Waals surface area contributed by atoms with Gasteiger partial charge in [0.1, 0.15) is 6.61 Å². The van der Waals surface area contributed by atoms with Gasteiger partial charge in [0, 0.05) is 6.61 Å². The van der Waals surface area contributed by atoms with Crippen LogP contribution in [0.25, 0.3) is 0 Å². The molecule has 1 aliphatic heterocycles. The molecule has 0 spiro atoms. The topological polar surface area (TPSA) is 65.0 Å². The number of benzene rings is 1. The van der Waals surface area contributed by atoms with Crippen molar-refractivity contribution in [3.63, 3.8) is 0 Å². The molecule has 1 N–H and O–H groups in total. The summed E-state index contributed by atoms with van der Waals surface area (Å²) in [6, 6.07) is 2.74. The van der Waals surface area contributed by atoms with E-state index in [1.165, 1.54) is 19.2 Å². The maximum Gasteiger partial charge on any atom is 0.335 e. The largest absolute Gasteiger partial charge is 0.493 e. The lowest BCUT2D eigenvalue weighted by Gasteiger charge is -2.23. The summed E-state index contributed by atoms with van der Waals surface area (Å²) in [5, 5.41) is 9.20. The van der Waals surface area contributed by atoms with Crippen LogP contribution in [0.2, 0.25) is 5.02 Å². The zero-order chi connectivity index (χ0) is 14.5. The number of aromatic carboxylic acids is 1. The van der Waals surface area contributed by atoms with Gasteiger partial charge in [-0.25, -0.2) is 4.79 Å². The van der Waals surface area contributed by atoms with Crippen molar-refractivity contribution >= 4 is 17.6 Å². The molecular formula is C14H17ClO5. The molecule has 0 aliphatic carbocycles. The zero-order valence-electron chi connectivity index (χ0n) is 11.2. The molecule has 1 aromatic carbocycles. The summed E-state index contributed by atoms with van der Waals surface area (Å²) in [6.45, 7) is 1.12. The standard InChI is InChI=1S/C14H17ClO5/c1-18-12-7-9(14(16)17)6-11(15)13(12)20-8-10-4-2-3-5-19-10/h6-7,10H,2-5,8H2,1H3,(H,16,17). The van der Waals surface area contributed by atoms with E-state index in [-0.39, 0.29) is 16.7 Å². The van der Waals surface area contributed by atoms with E-state index in [4.69, 9.17) is 30.9 Å². The van der Waals surface area contributed by atoms with Gasteiger partial charge in [-0.2, -0.15) is 0 Å². The van der Waals surface area contributed by atoms with Crippen LogP contribution in [0.1, 0.15) is 29.6 Å². The lowest BCUT2D eigenvalue weighted by molar-refractivity contribution is -0.0114. The van der Waals surface area contributed by atoms with Crippen LogP contribution in [0.4, 0.5) is 0 Å². The van der Waals surface area contributed by atoms with E-state index >= 15 is 0 Å². The second-order valence-corrected chi connectivity index (χ2v) is 5.00. The van der Waals surface area contributed by atoms with Crippen molar-refractivity contribution in [3.05, 3.63) is 22.7 Å². The molecule has 1 saturated heterocycles. The van der Waals surface area contributed by atoms with Crippen LogP contribution in [0.15, 0.2) is 12.1 Å². The highest BCUT2D eigenvalue weighted by atomic mass is 35.5. The molecule has 0 bridgehead atoms. The SMILES string of the molecule is COc1cc(C(=O)O)cc(Cl)c1OCC1CCCCO1. The van der Waals surface area contributed by atoms with Crippen molar-refractivity contribution < 1.29 is 24.1 Å². The zero-order valence-corrected chi connectivity index (χ0v) is 12.0. The van der Waals surface area contributed by atoms with Gasteiger partial charge in [-0.15, -0.1) is 0 Å². The summed E-state index contributed by atoms with van der Waals surface area (Å²) in [5.74, 6) is -0.397. The molecule has 0 amide bonds. The van der Waals surface area contributed by atoms with Crippen molar-refractivity contribution in [3.8, 4) is 11.5 Å². The summed E-state index contributed by atoms with van der Waals surface area (Å²) in [6.07, 6.45) is 3.20. The van der Waals surface area contributed by atoms with E-state index in [0.717, 1.165) is 25.9 Å². The minimum absolute atomic E-state index is 0.0451. The van der Waals surface area contributed by atoms with Crippen LogP contribution < -0.4 is 9.47 Å². The fourth-order valence-electron chi connectivity index (χ4n) is 2.10. The maximum absolute atomic E-state index is 11.0. The van der Waals surface area contributed by atoms with E-state index in [1.54, 1.807) is 0 Å². The van der Waals surface area contributed by atoms with Crippen LogP contribution in [-0.4, -0.2) is 37.5 Å². The van der Waals surface area contributed by atoms with Crippen LogP contribution in [0, 0.1) is 0 Å². The third-order valence-electron chi connectivity index (χ3n) is 3.16. The lowest BCUT2D eigenvalue weighted by Crippen LogP contribution is -2.26. The molecule has 0 aromatic heterocycles. The van der Waals surface area contributed by atoms with Gasteiger partial charge in [-0.1, -0.05) is 11.6 Å². The number of hydrogen-bond donors (Lipinski definition) is 1. The summed E-state index contributed by atoms with van der Waals surface area (Å²) < 4.78 is 16.4. The molecule has 1 aliphatic rings. The molecular weight excluding hydrogens is 284 g/mol. The van der Waals surface area contributed by atoms with Gasteiger partial charge < -0.3 is 19.3 Å². The molecule has 1 atom stereocenters. The third-order valence-corrected chi connectivity index (χ3v) is 3.44. The molecule has 5 nitrogen and oxygen atoms in total. The van der Waals surface area contributed by atoms with E-state index in [2.05, 4.69) is 0 Å². The number of rotatable bonds is 5. The molecule has 0 saturated carbocycles. The first-order valence-corrected chi connectivity index (χ1v) is 6.85. The van der Waals surface area contributed by atoms with Crippen LogP contribution in [-0.2, 0) is 4.74 Å². The highest BCUT2D eigenvalue weighted by Gasteiger charge is 2.19. The Morgan fingerprint density at radius 1 is 1.50 bits per heavy atom. The first-order chi connectivity index (χ1) is 9.61. The Bertz CT molecular complexity index is 483. The Morgan fingerprint density at radius 3 is 2.90 bits per heavy atom. The van der Waals surface area contributed by atoms with Gasteiger partial charge in [-0.05, 0) is 31.4 Å². The van der Waals surface area contributed by atoms with Gasteiger partial charge >= 0.3 is 5.97 Å². The Balaban J connectivity index is 2.11. The molecule has 1 fully saturated rings. The number of hydrogen-bond acceptors (Lipinski definition) is 4. The van der Waals surface area contributed by atoms with Gasteiger partial charge in [-0.3, -0.25) is 0 Å². The van der Waals surface area contributed by atoms with Crippen molar-refractivity contribution in [2.24, 2.45) is 0 Å². The number of halogens is 1. The molecule has 6 heteroatoms. The normalized spacial score (nSPS) is 18.6. The molecule has 1 aromatic rings. The number of ether oxygens (including phenoxy) is 3. The van der Waals surface area contributed by atoms with Gasteiger partial charge in [0.25, 0.3) is 0 Å². The molecule has 1 unspecified atom stereocenters. The van der Waals surface area contributed by atoms with Gasteiger partial charge in [0.15, 0.2) is 11.5 Å². The number of carboxylic acids is 1. The van der Waals surface area contributed by atoms with Crippen LogP contribution in [0.3, 0.4) is 0 Å². The van der Waals surface area contributed by atoms with E-state index in [9.17, 15) is 4.79 Å². The van der Waals surface area contributed by atoms with Crippen LogP contribution >= 0.6 is 11.6 Å². The number of carboxylic acid groups (broad SMARTS) is 1. The number of methoxy groups -OCH3 is 1. The fourth-order valence-corrected chi connectivity index (χ4v) is 2.36. The molecule has 20 heavy (non-hydrogen) atoms. The van der Waals surface area contributed by atoms with Crippen molar-refractivity contribution in [1.82, 2.24) is 0 Å². The molecule has 110 valence electrons. The minimum Gasteiger partial charge on any atom is -0.493 e. The first-order valence-electron chi connectivity index (χ1n) is 6.47. The predicted molar refractivity (Wildman–Crippen MR) is 74.0 cm³/mol. The summed E-state index contributed by atoms with van der Waals surface area (Å²) in [5.41, 5.74) is 0.0631. The van der Waals surface area contributed by atoms with Gasteiger partial charge in [0.2, 0.25) is 0 Å². The van der Waals surface area contributed by atoms with Gasteiger partial charge in [0.05, 0.1) is 23.8 Å². The third kappa shape index (κ3) is 3.55. The highest BCUT2D eigenvalue weighted by Crippen LogP contribution is 2.36. The van der Waals surface area contributed by atoms with E-state index < -0.39 is 5.97 Å². The maximum atomic E-state index is 11.0. The molecule has 1 heterocycles. The summed E-state index contributed by atoms with van der Waals surface area (Å²) in [4.78, 5) is 11.0. The van der Waals surface area contributed by atoms with Crippen molar-refractivity contribution in [1.29, 1.82) is 0 Å². The minimum atomic E-state index is -1.06. The second-order valence-electron chi connectivity index (χ2n) is 4.59. The smallest absolute Gasteiger partial charge is 0.335 e. The summed E-state index contributed by atoms with van der Waals surface area (Å²) in [7, 11) is 1.45. The van der Waals surface area contributed by atoms with Crippen LogP contribution in [0.5, 0.6) is 11.5 Å². The van der Waals surface area contributed by atoms with Crippen molar-refractivity contribution in [2.45, 2.75) is 25.4 Å². The molecule has 0 radical (unpaired) electrons. The van der Waals surface area contributed by atoms with Crippen molar-refractivity contribution in [2.75, 3.05) is 20.3 Å². The number of carbonyl (C=O) groups is 1. The summed E-state index contributed by atoms with van der Waals surface area (Å²) >= 11 is 6.07. The Kier molecular flexibility index (Phi) is 5.09. The Hall–Kier alpha value is -1.46. The average Bonchev–Trinajstić information content (AvgIpc) is 2.46. The first kappa shape index (κ1) is 14.9. The fraction of sp³-hybridized carbons (Fsp3) is 0.500. The van der Waals surface area contributed by atoms with E-state index in [0.29, 0.717) is 18.1 Å². The monoisotopic (exact) mass is 300 g/mol. The Morgan fingerprint density at radius 2 is 2.30 bits per heavy atom. The lowest BCUT2D eigenvalue weighted by atomic mass is 10.1. The average molecular weight is 301 g/mol. The predicted octanol–water partition coefficient (Wildman–Crippen LogP) is 2.99. The quantitative estimate of drug-likeness (QED) is 0.905.